The molecule has 3 nitrogen and oxygen atoms in total. The Hall–Kier alpha value is -2.16. The van der Waals surface area contributed by atoms with Crippen molar-refractivity contribution in [2.75, 3.05) is 5.73 Å². The van der Waals surface area contributed by atoms with Crippen molar-refractivity contribution in [2.45, 2.75) is 0 Å². The maximum atomic E-state index is 11.9. The van der Waals surface area contributed by atoms with Crippen LogP contribution in [-0.2, 0) is 0 Å². The van der Waals surface area contributed by atoms with Crippen LogP contribution in [-0.4, -0.2) is 10.8 Å². The van der Waals surface area contributed by atoms with Crippen LogP contribution in [0.3, 0.4) is 0 Å². The number of pyridine rings is 1. The molecular formula is C12H10N2O. The van der Waals surface area contributed by atoms with E-state index >= 15 is 0 Å². The molecule has 1 aromatic heterocycles. The normalized spacial score (nSPS) is 9.87. The number of anilines is 1. The molecule has 0 bridgehead atoms. The molecule has 0 aliphatic heterocycles. The summed E-state index contributed by atoms with van der Waals surface area (Å²) in [6, 6.07) is 12.4. The Morgan fingerprint density at radius 2 is 1.73 bits per heavy atom. The molecule has 0 unspecified atom stereocenters. The van der Waals surface area contributed by atoms with Crippen LogP contribution in [0.15, 0.2) is 48.7 Å². The fourth-order valence-corrected chi connectivity index (χ4v) is 1.30. The van der Waals surface area contributed by atoms with Crippen LogP contribution < -0.4 is 5.73 Å². The quantitative estimate of drug-likeness (QED) is 0.750. The highest BCUT2D eigenvalue weighted by molar-refractivity contribution is 6.08. The Balaban J connectivity index is 2.33. The van der Waals surface area contributed by atoms with Gasteiger partial charge in [-0.3, -0.25) is 4.79 Å². The predicted molar refractivity (Wildman–Crippen MR) is 58.5 cm³/mol. The number of hydrogen-bond donors (Lipinski definition) is 1. The second-order valence-electron chi connectivity index (χ2n) is 3.17. The summed E-state index contributed by atoms with van der Waals surface area (Å²) in [7, 11) is 0. The zero-order valence-corrected chi connectivity index (χ0v) is 8.05. The highest BCUT2D eigenvalue weighted by atomic mass is 16.1. The van der Waals surface area contributed by atoms with E-state index < -0.39 is 0 Å². The number of nitrogens with two attached hydrogens (primary N) is 1. The first-order valence-electron chi connectivity index (χ1n) is 4.58. The third kappa shape index (κ3) is 2.02. The van der Waals surface area contributed by atoms with Crippen molar-refractivity contribution >= 4 is 11.6 Å². The van der Waals surface area contributed by atoms with Crippen LogP contribution in [0, 0.1) is 0 Å². The van der Waals surface area contributed by atoms with E-state index in [9.17, 15) is 4.79 Å². The average molecular weight is 198 g/mol. The summed E-state index contributed by atoms with van der Waals surface area (Å²) in [5, 5.41) is 0. The van der Waals surface area contributed by atoms with Gasteiger partial charge >= 0.3 is 0 Å². The first-order chi connectivity index (χ1) is 7.27. The molecule has 0 amide bonds. The first kappa shape index (κ1) is 9.40. The lowest BCUT2D eigenvalue weighted by atomic mass is 10.1. The van der Waals surface area contributed by atoms with E-state index in [0.29, 0.717) is 16.9 Å². The number of aromatic nitrogens is 1. The van der Waals surface area contributed by atoms with Crippen molar-refractivity contribution in [3.05, 3.63) is 59.8 Å². The predicted octanol–water partition coefficient (Wildman–Crippen LogP) is 1.89. The van der Waals surface area contributed by atoms with E-state index in [1.165, 1.54) is 6.20 Å². The van der Waals surface area contributed by atoms with Crippen LogP contribution in [0.25, 0.3) is 0 Å². The smallest absolute Gasteiger partial charge is 0.194 e. The first-order valence-corrected chi connectivity index (χ1v) is 4.58. The Kier molecular flexibility index (Phi) is 2.46. The van der Waals surface area contributed by atoms with Crippen molar-refractivity contribution in [1.82, 2.24) is 4.98 Å². The molecular weight excluding hydrogens is 188 g/mol. The molecule has 0 atom stereocenters. The highest BCUT2D eigenvalue weighted by Gasteiger charge is 2.07. The van der Waals surface area contributed by atoms with Crippen molar-refractivity contribution in [3.8, 4) is 0 Å². The number of rotatable bonds is 2. The molecule has 15 heavy (non-hydrogen) atoms. The topological polar surface area (TPSA) is 56.0 Å². The van der Waals surface area contributed by atoms with Gasteiger partial charge in [0.15, 0.2) is 5.78 Å². The molecule has 74 valence electrons. The molecule has 0 saturated heterocycles. The molecule has 0 aliphatic carbocycles. The van der Waals surface area contributed by atoms with Crippen molar-refractivity contribution < 1.29 is 4.79 Å². The SMILES string of the molecule is Nc1ccc(C(=O)c2ccccc2)cn1. The van der Waals surface area contributed by atoms with Gasteiger partial charge < -0.3 is 5.73 Å². The van der Waals surface area contributed by atoms with Crippen LogP contribution in [0.2, 0.25) is 0 Å². The van der Waals surface area contributed by atoms with Gasteiger partial charge in [-0.25, -0.2) is 4.98 Å². The number of nitrogen functional groups attached to an aromatic ring is 1. The number of ketones is 1. The van der Waals surface area contributed by atoms with E-state index in [-0.39, 0.29) is 5.78 Å². The van der Waals surface area contributed by atoms with E-state index in [1.54, 1.807) is 24.3 Å². The number of nitrogens with zero attached hydrogens (tertiary/aromatic N) is 1. The van der Waals surface area contributed by atoms with E-state index in [2.05, 4.69) is 4.98 Å². The second-order valence-corrected chi connectivity index (χ2v) is 3.17. The molecule has 2 rings (SSSR count). The number of hydrogen-bond acceptors (Lipinski definition) is 3. The van der Waals surface area contributed by atoms with Crippen LogP contribution in [0.1, 0.15) is 15.9 Å². The Labute approximate surface area is 87.6 Å². The van der Waals surface area contributed by atoms with Crippen LogP contribution >= 0.6 is 0 Å². The summed E-state index contributed by atoms with van der Waals surface area (Å²) >= 11 is 0. The Morgan fingerprint density at radius 3 is 2.33 bits per heavy atom. The molecule has 0 radical (unpaired) electrons. The molecule has 2 N–H and O–H groups in total. The van der Waals surface area contributed by atoms with Crippen molar-refractivity contribution in [3.63, 3.8) is 0 Å². The van der Waals surface area contributed by atoms with Gasteiger partial charge in [-0.2, -0.15) is 0 Å². The summed E-state index contributed by atoms with van der Waals surface area (Å²) < 4.78 is 0. The lowest BCUT2D eigenvalue weighted by Gasteiger charge is -2.00. The van der Waals surface area contributed by atoms with Gasteiger partial charge in [0.1, 0.15) is 5.82 Å². The van der Waals surface area contributed by atoms with Gasteiger partial charge in [0.25, 0.3) is 0 Å². The third-order valence-corrected chi connectivity index (χ3v) is 2.08. The summed E-state index contributed by atoms with van der Waals surface area (Å²) in [6.07, 6.45) is 1.49. The maximum absolute atomic E-state index is 11.9. The summed E-state index contributed by atoms with van der Waals surface area (Å²) in [4.78, 5) is 15.8. The average Bonchev–Trinajstić information content (AvgIpc) is 2.30. The monoisotopic (exact) mass is 198 g/mol. The molecule has 0 spiro atoms. The number of carbonyl (C=O) groups is 1. The van der Waals surface area contributed by atoms with Gasteiger partial charge in [0.2, 0.25) is 0 Å². The molecule has 0 aliphatic rings. The largest absolute Gasteiger partial charge is 0.384 e. The fourth-order valence-electron chi connectivity index (χ4n) is 1.30. The fraction of sp³-hybridized carbons (Fsp3) is 0. The number of carbonyl (C=O) groups excluding carboxylic acids is 1. The molecule has 1 aromatic carbocycles. The highest BCUT2D eigenvalue weighted by Crippen LogP contribution is 2.09. The summed E-state index contributed by atoms with van der Waals surface area (Å²) in [5.41, 5.74) is 6.65. The summed E-state index contributed by atoms with van der Waals surface area (Å²) in [5.74, 6) is 0.378. The minimum absolute atomic E-state index is 0.0388. The third-order valence-electron chi connectivity index (χ3n) is 2.08. The van der Waals surface area contributed by atoms with E-state index in [0.717, 1.165) is 0 Å². The lowest BCUT2D eigenvalue weighted by molar-refractivity contribution is 0.103. The van der Waals surface area contributed by atoms with Crippen molar-refractivity contribution in [1.29, 1.82) is 0 Å². The van der Waals surface area contributed by atoms with Crippen LogP contribution in [0.5, 0.6) is 0 Å². The lowest BCUT2D eigenvalue weighted by Crippen LogP contribution is -2.02. The Bertz CT molecular complexity index is 463. The molecule has 3 heteroatoms. The van der Waals surface area contributed by atoms with Gasteiger partial charge in [-0.15, -0.1) is 0 Å². The molecule has 2 aromatic rings. The summed E-state index contributed by atoms with van der Waals surface area (Å²) in [6.45, 7) is 0. The van der Waals surface area contributed by atoms with Crippen molar-refractivity contribution in [2.24, 2.45) is 0 Å². The molecule has 0 saturated carbocycles. The standard InChI is InChI=1S/C12H10N2O/c13-11-7-6-10(8-14-11)12(15)9-4-2-1-3-5-9/h1-8H,(H2,13,14). The minimum atomic E-state index is -0.0388. The molecule has 0 fully saturated rings. The minimum Gasteiger partial charge on any atom is -0.384 e. The zero-order valence-electron chi connectivity index (χ0n) is 8.05. The van der Waals surface area contributed by atoms with Crippen LogP contribution in [0.4, 0.5) is 5.82 Å². The molecule has 1 heterocycles. The van der Waals surface area contributed by atoms with E-state index in [1.807, 2.05) is 18.2 Å². The number of benzene rings is 1. The maximum Gasteiger partial charge on any atom is 0.194 e. The van der Waals surface area contributed by atoms with E-state index in [4.69, 9.17) is 5.73 Å². The second kappa shape index (κ2) is 3.92. The zero-order chi connectivity index (χ0) is 10.7. The van der Waals surface area contributed by atoms with Gasteiger partial charge in [-0.1, -0.05) is 30.3 Å². The van der Waals surface area contributed by atoms with Gasteiger partial charge in [-0.05, 0) is 12.1 Å². The van der Waals surface area contributed by atoms with Gasteiger partial charge in [0, 0.05) is 17.3 Å². The Morgan fingerprint density at radius 1 is 1.00 bits per heavy atom. The van der Waals surface area contributed by atoms with Gasteiger partial charge in [0.05, 0.1) is 0 Å².